The molecule has 23 heavy (non-hydrogen) atoms. The predicted molar refractivity (Wildman–Crippen MR) is 89.5 cm³/mol. The second-order valence-electron chi connectivity index (χ2n) is 5.35. The van der Waals surface area contributed by atoms with Crippen molar-refractivity contribution in [2.75, 3.05) is 15.5 Å². The Labute approximate surface area is 134 Å². The molecule has 2 N–H and O–H groups in total. The summed E-state index contributed by atoms with van der Waals surface area (Å²) in [6.07, 6.45) is 4.61. The van der Waals surface area contributed by atoms with Crippen molar-refractivity contribution in [3.8, 4) is 0 Å². The van der Waals surface area contributed by atoms with Gasteiger partial charge in [-0.2, -0.15) is 0 Å². The van der Waals surface area contributed by atoms with Crippen LogP contribution in [-0.2, 0) is 4.79 Å². The average Bonchev–Trinajstić information content (AvgIpc) is 2.56. The highest BCUT2D eigenvalue weighted by atomic mass is 16.2. The standard InChI is InChI=1S/C17H18N4O2/c1-2-6-15-16(22)20-13-8-3-4-9-14(13)21(15)17(23)19-12-7-5-10-18-11-12/h3-5,7-11,15H,2,6H2,1H3,(H,19,23)(H,20,22). The summed E-state index contributed by atoms with van der Waals surface area (Å²) in [5.41, 5.74) is 1.94. The molecule has 1 aliphatic rings. The van der Waals surface area contributed by atoms with Crippen LogP contribution in [0.25, 0.3) is 0 Å². The lowest BCUT2D eigenvalue weighted by atomic mass is 10.0. The molecule has 0 saturated carbocycles. The van der Waals surface area contributed by atoms with Crippen LogP contribution in [0.15, 0.2) is 48.8 Å². The summed E-state index contributed by atoms with van der Waals surface area (Å²) in [7, 11) is 0. The number of anilines is 3. The molecule has 0 spiro atoms. The van der Waals surface area contributed by atoms with Crippen LogP contribution in [0, 0.1) is 0 Å². The van der Waals surface area contributed by atoms with Crippen LogP contribution in [0.4, 0.5) is 21.9 Å². The van der Waals surface area contributed by atoms with E-state index in [0.29, 0.717) is 23.5 Å². The normalized spacial score (nSPS) is 16.5. The van der Waals surface area contributed by atoms with Crippen LogP contribution in [-0.4, -0.2) is 23.0 Å². The third-order valence-electron chi connectivity index (χ3n) is 3.73. The minimum atomic E-state index is -0.522. The van der Waals surface area contributed by atoms with Gasteiger partial charge in [-0.1, -0.05) is 25.5 Å². The maximum Gasteiger partial charge on any atom is 0.327 e. The fourth-order valence-corrected chi connectivity index (χ4v) is 2.70. The van der Waals surface area contributed by atoms with Crippen molar-refractivity contribution in [3.05, 3.63) is 48.8 Å². The molecule has 1 aliphatic heterocycles. The van der Waals surface area contributed by atoms with Gasteiger partial charge in [-0.3, -0.25) is 14.7 Å². The third-order valence-corrected chi connectivity index (χ3v) is 3.73. The van der Waals surface area contributed by atoms with Gasteiger partial charge in [-0.05, 0) is 30.7 Å². The van der Waals surface area contributed by atoms with Crippen LogP contribution < -0.4 is 15.5 Å². The fourth-order valence-electron chi connectivity index (χ4n) is 2.70. The Hall–Kier alpha value is -2.89. The summed E-state index contributed by atoms with van der Waals surface area (Å²) in [5, 5.41) is 5.68. The van der Waals surface area contributed by atoms with Crippen LogP contribution in [0.5, 0.6) is 0 Å². The number of aromatic nitrogens is 1. The second kappa shape index (κ2) is 6.48. The minimum Gasteiger partial charge on any atom is -0.322 e. The Kier molecular flexibility index (Phi) is 4.23. The quantitative estimate of drug-likeness (QED) is 0.914. The number of benzene rings is 1. The first kappa shape index (κ1) is 15.0. The Morgan fingerprint density at radius 2 is 2.13 bits per heavy atom. The van der Waals surface area contributed by atoms with Gasteiger partial charge >= 0.3 is 6.03 Å². The first-order chi connectivity index (χ1) is 11.2. The smallest absolute Gasteiger partial charge is 0.322 e. The number of rotatable bonds is 3. The van der Waals surface area contributed by atoms with Gasteiger partial charge in [0, 0.05) is 6.20 Å². The molecule has 0 aliphatic carbocycles. The van der Waals surface area contributed by atoms with Crippen LogP contribution in [0.2, 0.25) is 0 Å². The molecule has 118 valence electrons. The zero-order valence-corrected chi connectivity index (χ0v) is 12.8. The van der Waals surface area contributed by atoms with Gasteiger partial charge in [0.2, 0.25) is 5.91 Å². The van der Waals surface area contributed by atoms with Crippen molar-refractivity contribution < 1.29 is 9.59 Å². The number of pyridine rings is 1. The third kappa shape index (κ3) is 3.01. The van der Waals surface area contributed by atoms with E-state index in [1.165, 1.54) is 4.90 Å². The molecular formula is C17H18N4O2. The van der Waals surface area contributed by atoms with E-state index >= 15 is 0 Å². The van der Waals surface area contributed by atoms with Crippen molar-refractivity contribution in [3.63, 3.8) is 0 Å². The van der Waals surface area contributed by atoms with Gasteiger partial charge in [0.15, 0.2) is 0 Å². The fraction of sp³-hybridized carbons (Fsp3) is 0.235. The predicted octanol–water partition coefficient (Wildman–Crippen LogP) is 3.24. The molecule has 6 heteroatoms. The Balaban J connectivity index is 1.95. The highest BCUT2D eigenvalue weighted by Gasteiger charge is 2.36. The number of nitrogens with zero attached hydrogens (tertiary/aromatic N) is 2. The average molecular weight is 310 g/mol. The largest absolute Gasteiger partial charge is 0.327 e. The van der Waals surface area contributed by atoms with Crippen LogP contribution >= 0.6 is 0 Å². The molecule has 3 amide bonds. The van der Waals surface area contributed by atoms with Gasteiger partial charge in [0.1, 0.15) is 6.04 Å². The van der Waals surface area contributed by atoms with Gasteiger partial charge in [-0.25, -0.2) is 4.79 Å². The molecule has 0 fully saturated rings. The highest BCUT2D eigenvalue weighted by molar-refractivity contribution is 6.14. The molecule has 2 heterocycles. The summed E-state index contributed by atoms with van der Waals surface area (Å²) in [6.45, 7) is 1.99. The molecule has 0 bridgehead atoms. The maximum absolute atomic E-state index is 12.8. The SMILES string of the molecule is CCCC1C(=O)Nc2ccccc2N1C(=O)Nc1cccnc1. The first-order valence-corrected chi connectivity index (χ1v) is 7.61. The van der Waals surface area contributed by atoms with Gasteiger partial charge in [-0.15, -0.1) is 0 Å². The van der Waals surface area contributed by atoms with E-state index in [0.717, 1.165) is 6.42 Å². The number of hydrogen-bond acceptors (Lipinski definition) is 3. The van der Waals surface area contributed by atoms with Gasteiger partial charge in [0.25, 0.3) is 0 Å². The number of amides is 3. The summed E-state index contributed by atoms with van der Waals surface area (Å²) in [6, 6.07) is 9.96. The van der Waals surface area contributed by atoms with E-state index in [4.69, 9.17) is 0 Å². The Morgan fingerprint density at radius 1 is 1.30 bits per heavy atom. The Morgan fingerprint density at radius 3 is 2.87 bits per heavy atom. The van der Waals surface area contributed by atoms with E-state index in [-0.39, 0.29) is 11.9 Å². The number of carbonyl (C=O) groups excluding carboxylic acids is 2. The summed E-state index contributed by atoms with van der Waals surface area (Å²) in [4.78, 5) is 30.7. The van der Waals surface area contributed by atoms with Gasteiger partial charge < -0.3 is 10.6 Å². The lowest BCUT2D eigenvalue weighted by Gasteiger charge is -2.36. The molecule has 0 saturated heterocycles. The summed E-state index contributed by atoms with van der Waals surface area (Å²) in [5.74, 6) is -0.160. The number of fused-ring (bicyclic) bond motifs is 1. The van der Waals surface area contributed by atoms with Gasteiger partial charge in [0.05, 0.1) is 23.3 Å². The molecule has 3 rings (SSSR count). The van der Waals surface area contributed by atoms with E-state index in [2.05, 4.69) is 15.6 Å². The topological polar surface area (TPSA) is 74.3 Å². The van der Waals surface area contributed by atoms with E-state index in [9.17, 15) is 9.59 Å². The number of carbonyl (C=O) groups is 2. The number of hydrogen-bond donors (Lipinski definition) is 2. The Bertz CT molecular complexity index is 718. The van der Waals surface area contributed by atoms with Crippen molar-refractivity contribution >= 4 is 29.0 Å². The number of para-hydroxylation sites is 2. The van der Waals surface area contributed by atoms with Crippen molar-refractivity contribution in [2.45, 2.75) is 25.8 Å². The van der Waals surface area contributed by atoms with Crippen molar-refractivity contribution in [2.24, 2.45) is 0 Å². The highest BCUT2D eigenvalue weighted by Crippen LogP contribution is 2.33. The molecule has 0 radical (unpaired) electrons. The molecule has 1 atom stereocenters. The molecule has 1 aromatic heterocycles. The zero-order chi connectivity index (χ0) is 16.2. The lowest BCUT2D eigenvalue weighted by molar-refractivity contribution is -0.117. The molecular weight excluding hydrogens is 292 g/mol. The summed E-state index contributed by atoms with van der Waals surface area (Å²) >= 11 is 0. The molecule has 2 aromatic rings. The van der Waals surface area contributed by atoms with Crippen molar-refractivity contribution in [1.29, 1.82) is 0 Å². The number of nitrogens with one attached hydrogen (secondary N) is 2. The van der Waals surface area contributed by atoms with E-state index < -0.39 is 6.04 Å². The number of urea groups is 1. The minimum absolute atomic E-state index is 0.160. The molecule has 6 nitrogen and oxygen atoms in total. The molecule has 1 aromatic carbocycles. The van der Waals surface area contributed by atoms with Crippen molar-refractivity contribution in [1.82, 2.24) is 4.98 Å². The van der Waals surface area contributed by atoms with Crippen LogP contribution in [0.1, 0.15) is 19.8 Å². The van der Waals surface area contributed by atoms with Crippen LogP contribution in [0.3, 0.4) is 0 Å². The van der Waals surface area contributed by atoms with E-state index in [1.807, 2.05) is 25.1 Å². The second-order valence-corrected chi connectivity index (χ2v) is 5.35. The monoisotopic (exact) mass is 310 g/mol. The first-order valence-electron chi connectivity index (χ1n) is 7.61. The maximum atomic E-state index is 12.8. The summed E-state index contributed by atoms with van der Waals surface area (Å²) < 4.78 is 0. The zero-order valence-electron chi connectivity index (χ0n) is 12.8. The lowest BCUT2D eigenvalue weighted by Crippen LogP contribution is -2.52. The van der Waals surface area contributed by atoms with E-state index in [1.54, 1.807) is 30.6 Å². The molecule has 1 unspecified atom stereocenters.